The Kier molecular flexibility index (Phi) is 17.7. The number of ether oxygens (including phenoxy) is 1. The third-order valence-corrected chi connectivity index (χ3v) is 14.8. The van der Waals surface area contributed by atoms with Gasteiger partial charge in [-0.3, -0.25) is 4.79 Å². The number of benzene rings is 4. The molecular weight excluding hydrogens is 1230 g/mol. The van der Waals surface area contributed by atoms with Crippen LogP contribution in [0.15, 0.2) is 58.3 Å². The van der Waals surface area contributed by atoms with Crippen molar-refractivity contribution in [2.75, 3.05) is 0 Å². The first-order valence-electron chi connectivity index (χ1n) is 19.1. The second-order valence-corrected chi connectivity index (χ2v) is 27.5. The lowest BCUT2D eigenvalue weighted by Crippen LogP contribution is -2.32. The number of thioether (sulfide) groups is 2. The van der Waals surface area contributed by atoms with Crippen LogP contribution in [0.4, 0.5) is 0 Å². The molecule has 0 heterocycles. The van der Waals surface area contributed by atoms with Crippen molar-refractivity contribution in [2.24, 2.45) is 5.73 Å². The smallest absolute Gasteiger partial charge is 0.320 e. The molecule has 0 aromatic heterocycles. The molecule has 13 heteroatoms. The fourth-order valence-corrected chi connectivity index (χ4v) is 12.5. The Labute approximate surface area is 415 Å². The molecule has 7 nitrogen and oxygen atoms in total. The number of aliphatic carboxylic acids is 1. The maximum Gasteiger partial charge on any atom is 0.320 e. The number of halogens is 4. The largest absolute Gasteiger partial charge is 0.507 e. The van der Waals surface area contributed by atoms with Gasteiger partial charge in [0, 0.05) is 32.0 Å². The zero-order chi connectivity index (χ0) is 45.4. The lowest BCUT2D eigenvalue weighted by Gasteiger charge is -2.31. The molecule has 0 saturated heterocycles. The molecule has 4 aromatic rings. The number of nitrogens with two attached hydrogens (primary N) is 1. The van der Waals surface area contributed by atoms with Crippen LogP contribution in [0.2, 0.25) is 0 Å². The van der Waals surface area contributed by atoms with E-state index < -0.39 is 12.0 Å². The summed E-state index contributed by atoms with van der Waals surface area (Å²) in [7, 11) is 0. The Morgan fingerprint density at radius 3 is 1.19 bits per heavy atom. The van der Waals surface area contributed by atoms with Crippen LogP contribution in [-0.4, -0.2) is 36.5 Å². The van der Waals surface area contributed by atoms with E-state index in [1.165, 1.54) is 9.79 Å². The molecule has 0 aliphatic carbocycles. The first-order valence-corrected chi connectivity index (χ1v) is 25.0. The molecule has 324 valence electrons. The molecule has 0 amide bonds. The van der Waals surface area contributed by atoms with Gasteiger partial charge in [0.25, 0.3) is 0 Å². The minimum absolute atomic E-state index is 0.155. The molecule has 1 atom stereocenters. The summed E-state index contributed by atoms with van der Waals surface area (Å²) in [6.45, 7) is 30.4. The number of carboxylic acid groups (broad SMARTS) is 1. The predicted octanol–water partition coefficient (Wildman–Crippen LogP) is 14.5. The monoisotopic (exact) mass is 1290 g/mol. The number of phenolic OH excluding ortho intramolecular Hbond substituents is 3. The van der Waals surface area contributed by atoms with Gasteiger partial charge in [0.05, 0.1) is 18.4 Å². The van der Waals surface area contributed by atoms with Gasteiger partial charge in [0.15, 0.2) is 5.75 Å². The highest BCUT2D eigenvalue weighted by Crippen LogP contribution is 2.51. The number of carboxylic acids is 1. The summed E-state index contributed by atoms with van der Waals surface area (Å²) < 4.78 is 8.97. The van der Waals surface area contributed by atoms with Crippen LogP contribution >= 0.6 is 114 Å². The number of hydrogen-bond donors (Lipinski definition) is 5. The number of phenols is 3. The maximum atomic E-state index is 11.1. The Bertz CT molecular complexity index is 1980. The zero-order valence-corrected chi connectivity index (χ0v) is 46.7. The Hall–Kier alpha value is -0.870. The van der Waals surface area contributed by atoms with Crippen LogP contribution in [0.25, 0.3) is 0 Å². The van der Waals surface area contributed by atoms with Gasteiger partial charge in [0.2, 0.25) is 0 Å². The highest BCUT2D eigenvalue weighted by Gasteiger charge is 2.31. The Morgan fingerprint density at radius 2 is 0.898 bits per heavy atom. The van der Waals surface area contributed by atoms with Crippen LogP contribution in [0.1, 0.15) is 125 Å². The minimum atomic E-state index is -1.02. The number of aromatic hydroxyl groups is 3. The van der Waals surface area contributed by atoms with Crippen LogP contribution in [-0.2, 0) is 32.9 Å². The number of rotatable bonds is 9. The molecule has 0 aliphatic heterocycles. The van der Waals surface area contributed by atoms with Gasteiger partial charge in [-0.1, -0.05) is 83.1 Å². The standard InChI is InChI=1S/C31H48O2S2.C15H11I4NO4/c1-27(2,3)21-15-19(16-22(25(21)32)28(4,5)6)34-31(13,14)35-20-17-23(29(7,8)9)26(33)24(18-20)30(10,11)12;16-8-4-7(5-9(17)13(8)21)24-14-10(18)1-6(2-11(14)19)3-12(20)15(22)23/h15-18,32-33H,1-14H3;1-2,4-5,12,21H,3,20H2,(H,22,23)/t;12-/m.1/s1. The van der Waals surface area contributed by atoms with Gasteiger partial charge in [-0.15, -0.1) is 23.5 Å². The van der Waals surface area contributed by atoms with E-state index in [0.717, 1.165) is 35.0 Å². The van der Waals surface area contributed by atoms with Gasteiger partial charge in [-0.2, -0.15) is 0 Å². The summed E-state index contributed by atoms with van der Waals surface area (Å²) in [5.41, 5.74) is 9.78. The van der Waals surface area contributed by atoms with Gasteiger partial charge in [0.1, 0.15) is 29.0 Å². The fraction of sp³-hybridized carbons (Fsp3) is 0.457. The average Bonchev–Trinajstić information content (AvgIpc) is 3.04. The predicted molar refractivity (Wildman–Crippen MR) is 282 cm³/mol. The van der Waals surface area contributed by atoms with Gasteiger partial charge >= 0.3 is 5.97 Å². The topological polar surface area (TPSA) is 133 Å². The SMILES string of the molecule is CC(C)(Sc1cc(C(C)(C)C)c(O)c(C(C)(C)C)c1)Sc1cc(C(C)(C)C)c(O)c(C(C)(C)C)c1.N[C@H](Cc1cc(I)c(Oc2cc(I)c(O)c(I)c2)c(I)c1)C(=O)O. The quantitative estimate of drug-likeness (QED) is 0.0631. The van der Waals surface area contributed by atoms with E-state index in [1.54, 1.807) is 12.1 Å². The molecule has 0 spiro atoms. The van der Waals surface area contributed by atoms with Crippen molar-refractivity contribution >= 4 is 120 Å². The highest BCUT2D eigenvalue weighted by atomic mass is 127. The molecule has 0 saturated carbocycles. The van der Waals surface area contributed by atoms with Crippen molar-refractivity contribution in [3.8, 4) is 28.7 Å². The summed E-state index contributed by atoms with van der Waals surface area (Å²) in [5, 5.41) is 41.0. The van der Waals surface area contributed by atoms with E-state index in [0.29, 0.717) is 30.1 Å². The van der Waals surface area contributed by atoms with Crippen LogP contribution in [0, 0.1) is 14.3 Å². The third-order valence-electron chi connectivity index (χ3n) is 9.17. The molecule has 0 aliphatic rings. The van der Waals surface area contributed by atoms with Crippen molar-refractivity contribution in [3.63, 3.8) is 0 Å². The van der Waals surface area contributed by atoms with Crippen molar-refractivity contribution in [1.82, 2.24) is 0 Å². The number of carbonyl (C=O) groups is 1. The van der Waals surface area contributed by atoms with Gasteiger partial charge < -0.3 is 30.9 Å². The molecule has 4 rings (SSSR count). The normalized spacial score (nSPS) is 13.1. The van der Waals surface area contributed by atoms with Crippen molar-refractivity contribution in [1.29, 1.82) is 0 Å². The lowest BCUT2D eigenvalue weighted by atomic mass is 9.79. The van der Waals surface area contributed by atoms with E-state index >= 15 is 0 Å². The van der Waals surface area contributed by atoms with E-state index in [9.17, 15) is 20.1 Å². The highest BCUT2D eigenvalue weighted by molar-refractivity contribution is 14.1. The maximum absolute atomic E-state index is 11.1. The molecule has 0 bridgehead atoms. The lowest BCUT2D eigenvalue weighted by molar-refractivity contribution is -0.138. The molecule has 6 N–H and O–H groups in total. The first-order chi connectivity index (χ1) is 26.6. The molecule has 0 fully saturated rings. The number of hydrogen-bond acceptors (Lipinski definition) is 8. The molecule has 59 heavy (non-hydrogen) atoms. The second-order valence-electron chi connectivity index (χ2n) is 19.2. The first kappa shape index (κ1) is 52.5. The van der Waals surface area contributed by atoms with Crippen molar-refractivity contribution in [3.05, 3.63) is 90.6 Å². The summed E-state index contributed by atoms with van der Waals surface area (Å²) in [6.07, 6.45) is 0.261. The van der Waals surface area contributed by atoms with E-state index in [-0.39, 0.29) is 37.9 Å². The van der Waals surface area contributed by atoms with E-state index in [4.69, 9.17) is 15.6 Å². The van der Waals surface area contributed by atoms with Crippen molar-refractivity contribution < 1.29 is 30.0 Å². The van der Waals surface area contributed by atoms with Crippen LogP contribution in [0.3, 0.4) is 0 Å². The van der Waals surface area contributed by atoms with Gasteiger partial charge in [-0.05, 0) is 186 Å². The molecular formula is C46H59I4NO6S2. The summed E-state index contributed by atoms with van der Waals surface area (Å²) in [5.74, 6) is 1.39. The van der Waals surface area contributed by atoms with Crippen LogP contribution in [0.5, 0.6) is 28.7 Å². The molecule has 0 radical (unpaired) electrons. The summed E-state index contributed by atoms with van der Waals surface area (Å²) >= 11 is 12.1. The minimum Gasteiger partial charge on any atom is -0.507 e. The average molecular weight is 1290 g/mol. The molecule has 0 unspecified atom stereocenters. The third kappa shape index (κ3) is 14.6. The van der Waals surface area contributed by atoms with E-state index in [1.807, 2.05) is 35.7 Å². The van der Waals surface area contributed by atoms with Gasteiger partial charge in [-0.25, -0.2) is 0 Å². The Balaban J connectivity index is 0.000000338. The zero-order valence-electron chi connectivity index (χ0n) is 36.4. The van der Waals surface area contributed by atoms with Crippen LogP contribution < -0.4 is 10.5 Å². The second kappa shape index (κ2) is 19.9. The fourth-order valence-electron chi connectivity index (χ4n) is 6.10. The summed E-state index contributed by atoms with van der Waals surface area (Å²) in [4.78, 5) is 13.2. The Morgan fingerprint density at radius 1 is 0.576 bits per heavy atom. The van der Waals surface area contributed by atoms with E-state index in [2.05, 4.69) is 212 Å². The summed E-state index contributed by atoms with van der Waals surface area (Å²) in [6, 6.07) is 15.0. The molecule has 4 aromatic carbocycles. The van der Waals surface area contributed by atoms with Crippen molar-refractivity contribution in [2.45, 2.75) is 145 Å².